The van der Waals surface area contributed by atoms with Gasteiger partial charge >= 0.3 is 5.97 Å². The maximum Gasteiger partial charge on any atom is 0.352 e. The van der Waals surface area contributed by atoms with E-state index in [0.717, 1.165) is 0 Å². The molecular formula is C17H12N2O3. The van der Waals surface area contributed by atoms with Gasteiger partial charge in [0.1, 0.15) is 11.5 Å². The summed E-state index contributed by atoms with van der Waals surface area (Å²) in [4.78, 5) is 11.9. The SMILES string of the molecule is CC(Oc1ccc(C#N)cc1)C(=O)Oc1ccc(C#N)cc1. The molecule has 0 aliphatic heterocycles. The summed E-state index contributed by atoms with van der Waals surface area (Å²) in [5.41, 5.74) is 1.00. The van der Waals surface area contributed by atoms with Crippen LogP contribution in [0.2, 0.25) is 0 Å². The lowest BCUT2D eigenvalue weighted by atomic mass is 10.2. The lowest BCUT2D eigenvalue weighted by Gasteiger charge is -2.13. The molecule has 0 heterocycles. The highest BCUT2D eigenvalue weighted by atomic mass is 16.6. The monoisotopic (exact) mass is 292 g/mol. The van der Waals surface area contributed by atoms with Crippen LogP contribution in [0.15, 0.2) is 48.5 Å². The van der Waals surface area contributed by atoms with Crippen molar-refractivity contribution in [2.45, 2.75) is 13.0 Å². The molecule has 22 heavy (non-hydrogen) atoms. The molecule has 0 aromatic heterocycles. The second-order valence-electron chi connectivity index (χ2n) is 4.45. The molecule has 2 aromatic rings. The number of hydrogen-bond acceptors (Lipinski definition) is 5. The van der Waals surface area contributed by atoms with Crippen molar-refractivity contribution in [1.29, 1.82) is 10.5 Å². The highest BCUT2D eigenvalue weighted by molar-refractivity contribution is 5.77. The van der Waals surface area contributed by atoms with Crippen LogP contribution in [0.3, 0.4) is 0 Å². The molecule has 1 atom stereocenters. The first-order valence-electron chi connectivity index (χ1n) is 6.51. The summed E-state index contributed by atoms with van der Waals surface area (Å²) in [5, 5.41) is 17.4. The van der Waals surface area contributed by atoms with Crippen LogP contribution in [0, 0.1) is 22.7 Å². The van der Waals surface area contributed by atoms with E-state index >= 15 is 0 Å². The van der Waals surface area contributed by atoms with Crippen molar-refractivity contribution in [2.75, 3.05) is 0 Å². The van der Waals surface area contributed by atoms with Crippen molar-refractivity contribution >= 4 is 5.97 Å². The number of hydrogen-bond donors (Lipinski definition) is 0. The van der Waals surface area contributed by atoms with Gasteiger partial charge in [0.05, 0.1) is 23.3 Å². The summed E-state index contributed by atoms with van der Waals surface area (Å²) >= 11 is 0. The predicted molar refractivity (Wildman–Crippen MR) is 78.0 cm³/mol. The molecule has 5 nitrogen and oxygen atoms in total. The molecule has 0 aliphatic carbocycles. The standard InChI is InChI=1S/C17H12N2O3/c1-12(21-15-6-2-13(10-18)3-7-15)17(20)22-16-8-4-14(11-19)5-9-16/h2-9,12H,1H3. The van der Waals surface area contributed by atoms with E-state index in [1.54, 1.807) is 55.5 Å². The van der Waals surface area contributed by atoms with Crippen LogP contribution in [-0.4, -0.2) is 12.1 Å². The van der Waals surface area contributed by atoms with Crippen LogP contribution in [0.1, 0.15) is 18.1 Å². The van der Waals surface area contributed by atoms with Crippen LogP contribution in [0.5, 0.6) is 11.5 Å². The van der Waals surface area contributed by atoms with Crippen LogP contribution < -0.4 is 9.47 Å². The average Bonchev–Trinajstić information content (AvgIpc) is 2.56. The van der Waals surface area contributed by atoms with Crippen LogP contribution in [-0.2, 0) is 4.79 Å². The van der Waals surface area contributed by atoms with Gasteiger partial charge in [-0.15, -0.1) is 0 Å². The quantitative estimate of drug-likeness (QED) is 0.639. The van der Waals surface area contributed by atoms with E-state index in [0.29, 0.717) is 22.6 Å². The molecule has 0 saturated heterocycles. The van der Waals surface area contributed by atoms with Crippen molar-refractivity contribution < 1.29 is 14.3 Å². The number of esters is 1. The Morgan fingerprint density at radius 2 is 1.36 bits per heavy atom. The minimum absolute atomic E-state index is 0.347. The third kappa shape index (κ3) is 3.84. The second kappa shape index (κ2) is 6.92. The Labute approximate surface area is 127 Å². The fourth-order valence-corrected chi connectivity index (χ4v) is 1.66. The molecule has 2 aromatic carbocycles. The fourth-order valence-electron chi connectivity index (χ4n) is 1.66. The smallest absolute Gasteiger partial charge is 0.352 e. The highest BCUT2D eigenvalue weighted by Crippen LogP contribution is 2.16. The van der Waals surface area contributed by atoms with Gasteiger partial charge in [-0.1, -0.05) is 0 Å². The van der Waals surface area contributed by atoms with Gasteiger partial charge in [0.25, 0.3) is 0 Å². The molecule has 0 N–H and O–H groups in total. The zero-order valence-electron chi connectivity index (χ0n) is 11.8. The van der Waals surface area contributed by atoms with Crippen molar-refractivity contribution in [1.82, 2.24) is 0 Å². The highest BCUT2D eigenvalue weighted by Gasteiger charge is 2.17. The normalized spacial score (nSPS) is 10.9. The van der Waals surface area contributed by atoms with E-state index in [2.05, 4.69) is 0 Å². The summed E-state index contributed by atoms with van der Waals surface area (Å²) in [6.45, 7) is 1.57. The van der Waals surface area contributed by atoms with Gasteiger partial charge in [-0.3, -0.25) is 0 Å². The van der Waals surface area contributed by atoms with Crippen LogP contribution >= 0.6 is 0 Å². The summed E-state index contributed by atoms with van der Waals surface area (Å²) in [5.74, 6) is 0.275. The first kappa shape index (κ1) is 15.1. The molecule has 0 amide bonds. The summed E-state index contributed by atoms with van der Waals surface area (Å²) in [6, 6.07) is 16.6. The lowest BCUT2D eigenvalue weighted by Crippen LogP contribution is -2.28. The van der Waals surface area contributed by atoms with Crippen molar-refractivity contribution in [3.63, 3.8) is 0 Å². The second-order valence-corrected chi connectivity index (χ2v) is 4.45. The van der Waals surface area contributed by atoms with E-state index in [1.807, 2.05) is 12.1 Å². The maximum absolute atomic E-state index is 11.9. The Balaban J connectivity index is 1.96. The van der Waals surface area contributed by atoms with Gasteiger partial charge < -0.3 is 9.47 Å². The molecule has 0 radical (unpaired) electrons. The Hall–Kier alpha value is -3.31. The molecule has 5 heteroatoms. The number of ether oxygens (including phenoxy) is 2. The molecule has 2 rings (SSSR count). The molecular weight excluding hydrogens is 280 g/mol. The third-order valence-corrected chi connectivity index (χ3v) is 2.83. The van der Waals surface area contributed by atoms with E-state index in [1.165, 1.54) is 0 Å². The summed E-state index contributed by atoms with van der Waals surface area (Å²) < 4.78 is 10.6. The number of rotatable bonds is 4. The van der Waals surface area contributed by atoms with E-state index in [-0.39, 0.29) is 0 Å². The molecule has 0 fully saturated rings. The number of carbonyl (C=O) groups is 1. The van der Waals surface area contributed by atoms with Crippen LogP contribution in [0.25, 0.3) is 0 Å². The summed E-state index contributed by atoms with van der Waals surface area (Å²) in [7, 11) is 0. The Morgan fingerprint density at radius 3 is 1.82 bits per heavy atom. The number of nitrogens with zero attached hydrogens (tertiary/aromatic N) is 2. The molecule has 0 aliphatic rings. The Morgan fingerprint density at radius 1 is 0.909 bits per heavy atom. The zero-order valence-corrected chi connectivity index (χ0v) is 11.8. The van der Waals surface area contributed by atoms with Crippen molar-refractivity contribution in [3.8, 4) is 23.6 Å². The lowest BCUT2D eigenvalue weighted by molar-refractivity contribution is -0.141. The van der Waals surface area contributed by atoms with Gasteiger partial charge in [-0.2, -0.15) is 10.5 Å². The maximum atomic E-state index is 11.9. The first-order valence-corrected chi connectivity index (χ1v) is 6.51. The number of nitriles is 2. The van der Waals surface area contributed by atoms with Gasteiger partial charge in [0.15, 0.2) is 6.10 Å². The molecule has 108 valence electrons. The van der Waals surface area contributed by atoms with Crippen molar-refractivity contribution in [3.05, 3.63) is 59.7 Å². The molecule has 0 spiro atoms. The van der Waals surface area contributed by atoms with Gasteiger partial charge in [0, 0.05) is 0 Å². The predicted octanol–water partition coefficient (Wildman–Crippen LogP) is 2.80. The zero-order chi connectivity index (χ0) is 15.9. The van der Waals surface area contributed by atoms with Gasteiger partial charge in [-0.05, 0) is 55.5 Å². The van der Waals surface area contributed by atoms with Crippen molar-refractivity contribution in [2.24, 2.45) is 0 Å². The Bertz CT molecular complexity index is 737. The van der Waals surface area contributed by atoms with Crippen LogP contribution in [0.4, 0.5) is 0 Å². The van der Waals surface area contributed by atoms with Gasteiger partial charge in [-0.25, -0.2) is 4.79 Å². The Kier molecular flexibility index (Phi) is 4.74. The minimum atomic E-state index is -0.802. The number of benzene rings is 2. The average molecular weight is 292 g/mol. The minimum Gasteiger partial charge on any atom is -0.479 e. The van der Waals surface area contributed by atoms with Gasteiger partial charge in [0.2, 0.25) is 0 Å². The first-order chi connectivity index (χ1) is 10.6. The van der Waals surface area contributed by atoms with E-state index in [4.69, 9.17) is 20.0 Å². The fraction of sp³-hybridized carbons (Fsp3) is 0.118. The number of carbonyl (C=O) groups excluding carboxylic acids is 1. The van der Waals surface area contributed by atoms with E-state index < -0.39 is 12.1 Å². The summed E-state index contributed by atoms with van der Waals surface area (Å²) in [6.07, 6.45) is -0.802. The largest absolute Gasteiger partial charge is 0.479 e. The molecule has 0 saturated carbocycles. The molecule has 0 bridgehead atoms. The molecule has 1 unspecified atom stereocenters. The topological polar surface area (TPSA) is 83.1 Å². The third-order valence-electron chi connectivity index (χ3n) is 2.83. The van der Waals surface area contributed by atoms with E-state index in [9.17, 15) is 4.79 Å².